The van der Waals surface area contributed by atoms with Crippen LogP contribution < -0.4 is 10.2 Å². The number of amides is 1. The summed E-state index contributed by atoms with van der Waals surface area (Å²) in [4.78, 5) is 21.9. The van der Waals surface area contributed by atoms with Crippen LogP contribution in [0.15, 0.2) is 36.7 Å². The molecule has 0 spiro atoms. The van der Waals surface area contributed by atoms with Crippen LogP contribution in [-0.4, -0.2) is 65.3 Å². The minimum Gasteiger partial charge on any atom is -0.338 e. The molecule has 27 heavy (non-hydrogen) atoms. The van der Waals surface area contributed by atoms with Gasteiger partial charge in [0, 0.05) is 26.2 Å². The molecule has 148 valence electrons. The molecule has 2 aliphatic heterocycles. The van der Waals surface area contributed by atoms with Crippen LogP contribution in [0, 0.1) is 0 Å². The van der Waals surface area contributed by atoms with Gasteiger partial charge in [-0.25, -0.2) is 5.10 Å². The van der Waals surface area contributed by atoms with Gasteiger partial charge in [0.25, 0.3) is 0 Å². The van der Waals surface area contributed by atoms with E-state index in [0.717, 1.165) is 63.6 Å². The smallest absolute Gasteiger partial charge is 0.233 e. The molecule has 0 atom stereocenters. The molecule has 1 amide bonds. The van der Waals surface area contributed by atoms with Gasteiger partial charge in [-0.3, -0.25) is 4.79 Å². The largest absolute Gasteiger partial charge is 0.338 e. The summed E-state index contributed by atoms with van der Waals surface area (Å²) < 4.78 is 0. The number of rotatable bonds is 3. The van der Waals surface area contributed by atoms with Crippen molar-refractivity contribution in [3.63, 3.8) is 0 Å². The molecule has 7 nitrogen and oxygen atoms in total. The monoisotopic (exact) mass is 412 g/mol. The highest BCUT2D eigenvalue weighted by Crippen LogP contribution is 2.35. The standard InChI is InChI=1S/C18H24N6O.2ClH/c25-16(23-10-12-24(13-11-23)17-20-14-21-22-17)18(6-8-19-9-7-18)15-4-2-1-3-5-15;;/h1-5,14,19H,6-13H2,(H,20,21,22);2*1H. The molecule has 0 aliphatic carbocycles. The quantitative estimate of drug-likeness (QED) is 0.800. The number of aromatic amines is 1. The Labute approximate surface area is 171 Å². The first-order chi connectivity index (χ1) is 12.3. The van der Waals surface area contributed by atoms with Gasteiger partial charge in [0.15, 0.2) is 0 Å². The second-order valence-electron chi connectivity index (χ2n) is 6.79. The van der Waals surface area contributed by atoms with Crippen LogP contribution in [-0.2, 0) is 10.2 Å². The van der Waals surface area contributed by atoms with Gasteiger partial charge in [0.1, 0.15) is 6.33 Å². The van der Waals surface area contributed by atoms with Crippen LogP contribution in [0.3, 0.4) is 0 Å². The van der Waals surface area contributed by atoms with Gasteiger partial charge in [0.2, 0.25) is 11.9 Å². The van der Waals surface area contributed by atoms with Crippen molar-refractivity contribution in [1.29, 1.82) is 0 Å². The van der Waals surface area contributed by atoms with E-state index in [-0.39, 0.29) is 36.1 Å². The highest BCUT2D eigenvalue weighted by Gasteiger charge is 2.44. The third kappa shape index (κ3) is 4.20. The number of anilines is 1. The second kappa shape index (κ2) is 9.39. The highest BCUT2D eigenvalue weighted by atomic mass is 35.5. The molecule has 0 radical (unpaired) electrons. The van der Waals surface area contributed by atoms with Crippen molar-refractivity contribution in [1.82, 2.24) is 25.4 Å². The Morgan fingerprint density at radius 1 is 1.00 bits per heavy atom. The Bertz CT molecular complexity index is 698. The fourth-order valence-electron chi connectivity index (χ4n) is 4.01. The minimum atomic E-state index is -0.388. The van der Waals surface area contributed by atoms with E-state index in [2.05, 4.69) is 37.5 Å². The molecular weight excluding hydrogens is 387 g/mol. The lowest BCUT2D eigenvalue weighted by Gasteiger charge is -2.43. The van der Waals surface area contributed by atoms with Gasteiger partial charge < -0.3 is 15.1 Å². The summed E-state index contributed by atoms with van der Waals surface area (Å²) in [6, 6.07) is 10.3. The number of nitrogens with zero attached hydrogens (tertiary/aromatic N) is 4. The van der Waals surface area contributed by atoms with Crippen LogP contribution in [0.4, 0.5) is 5.95 Å². The van der Waals surface area contributed by atoms with E-state index >= 15 is 0 Å². The minimum absolute atomic E-state index is 0. The first-order valence-electron chi connectivity index (χ1n) is 8.95. The lowest BCUT2D eigenvalue weighted by atomic mass is 9.72. The fraction of sp³-hybridized carbons (Fsp3) is 0.500. The van der Waals surface area contributed by atoms with E-state index < -0.39 is 0 Å². The van der Waals surface area contributed by atoms with Crippen LogP contribution in [0.5, 0.6) is 0 Å². The Balaban J connectivity index is 0.00000131. The maximum Gasteiger partial charge on any atom is 0.233 e. The zero-order valence-electron chi connectivity index (χ0n) is 15.1. The van der Waals surface area contributed by atoms with E-state index in [1.54, 1.807) is 0 Å². The summed E-state index contributed by atoms with van der Waals surface area (Å²) in [6.07, 6.45) is 3.24. The maximum absolute atomic E-state index is 13.5. The maximum atomic E-state index is 13.5. The van der Waals surface area contributed by atoms with Crippen LogP contribution in [0.1, 0.15) is 18.4 Å². The second-order valence-corrected chi connectivity index (χ2v) is 6.79. The van der Waals surface area contributed by atoms with E-state index in [9.17, 15) is 4.79 Å². The van der Waals surface area contributed by atoms with E-state index in [0.29, 0.717) is 0 Å². The number of carbonyl (C=O) groups excluding carboxylic acids is 1. The molecule has 2 fully saturated rings. The molecule has 3 heterocycles. The summed E-state index contributed by atoms with van der Waals surface area (Å²) in [5, 5.41) is 10.2. The third-order valence-corrected chi connectivity index (χ3v) is 5.46. The molecule has 2 aromatic rings. The summed E-state index contributed by atoms with van der Waals surface area (Å²) in [5.41, 5.74) is 0.764. The number of hydrogen-bond donors (Lipinski definition) is 2. The zero-order chi connectivity index (χ0) is 17.1. The van der Waals surface area contributed by atoms with Gasteiger partial charge in [0.05, 0.1) is 5.41 Å². The number of carbonyl (C=O) groups is 1. The average molecular weight is 413 g/mol. The van der Waals surface area contributed by atoms with Gasteiger partial charge in [-0.05, 0) is 31.5 Å². The average Bonchev–Trinajstić information content (AvgIpc) is 3.24. The number of nitrogens with one attached hydrogen (secondary N) is 2. The summed E-state index contributed by atoms with van der Waals surface area (Å²) >= 11 is 0. The first kappa shape index (κ1) is 21.5. The highest BCUT2D eigenvalue weighted by molar-refractivity contribution is 5.88. The lowest BCUT2D eigenvalue weighted by Crippen LogP contribution is -2.57. The van der Waals surface area contributed by atoms with Crippen LogP contribution in [0.2, 0.25) is 0 Å². The van der Waals surface area contributed by atoms with Crippen molar-refractivity contribution in [3.8, 4) is 0 Å². The normalized spacial score (nSPS) is 19.0. The SMILES string of the molecule is Cl.Cl.O=C(N1CCN(c2ncn[nH]2)CC1)C1(c2ccccc2)CCNCC1. The zero-order valence-corrected chi connectivity index (χ0v) is 16.8. The summed E-state index contributed by atoms with van der Waals surface area (Å²) in [6.45, 7) is 4.79. The summed E-state index contributed by atoms with van der Waals surface area (Å²) in [5.74, 6) is 1.06. The topological polar surface area (TPSA) is 77.2 Å². The number of H-pyrrole nitrogens is 1. The van der Waals surface area contributed by atoms with Crippen LogP contribution >= 0.6 is 24.8 Å². The number of hydrogen-bond acceptors (Lipinski definition) is 5. The summed E-state index contributed by atoms with van der Waals surface area (Å²) in [7, 11) is 0. The van der Waals surface area contributed by atoms with Crippen molar-refractivity contribution >= 4 is 36.7 Å². The van der Waals surface area contributed by atoms with Crippen molar-refractivity contribution in [3.05, 3.63) is 42.2 Å². The molecule has 9 heteroatoms. The molecule has 0 bridgehead atoms. The fourth-order valence-corrected chi connectivity index (χ4v) is 4.01. The Morgan fingerprint density at radius 2 is 1.67 bits per heavy atom. The molecule has 0 saturated carbocycles. The predicted molar refractivity (Wildman–Crippen MR) is 110 cm³/mol. The molecule has 2 saturated heterocycles. The Hall–Kier alpha value is -1.83. The van der Waals surface area contributed by atoms with Gasteiger partial charge in [-0.15, -0.1) is 24.8 Å². The third-order valence-electron chi connectivity index (χ3n) is 5.46. The molecule has 4 rings (SSSR count). The number of piperazine rings is 1. The predicted octanol–water partition coefficient (Wildman–Crippen LogP) is 1.62. The molecule has 1 aromatic carbocycles. The van der Waals surface area contributed by atoms with Gasteiger partial charge >= 0.3 is 0 Å². The molecule has 2 N–H and O–H groups in total. The number of benzene rings is 1. The number of halogens is 2. The molecular formula is C18H26Cl2N6O. The number of piperidine rings is 1. The van der Waals surface area contributed by atoms with Crippen molar-refractivity contribution < 1.29 is 4.79 Å². The molecule has 1 aromatic heterocycles. The van der Waals surface area contributed by atoms with Gasteiger partial charge in [-0.1, -0.05) is 30.3 Å². The Morgan fingerprint density at radius 3 is 2.26 bits per heavy atom. The van der Waals surface area contributed by atoms with E-state index in [1.165, 1.54) is 6.33 Å². The molecule has 2 aliphatic rings. The molecule has 0 unspecified atom stereocenters. The van der Waals surface area contributed by atoms with Crippen LogP contribution in [0.25, 0.3) is 0 Å². The van der Waals surface area contributed by atoms with Crippen molar-refractivity contribution in [2.24, 2.45) is 0 Å². The van der Waals surface area contributed by atoms with Crippen molar-refractivity contribution in [2.45, 2.75) is 18.3 Å². The Kier molecular flexibility index (Phi) is 7.47. The van der Waals surface area contributed by atoms with E-state index in [1.807, 2.05) is 23.1 Å². The van der Waals surface area contributed by atoms with Crippen molar-refractivity contribution in [2.75, 3.05) is 44.2 Å². The first-order valence-corrected chi connectivity index (χ1v) is 8.95. The van der Waals surface area contributed by atoms with E-state index in [4.69, 9.17) is 0 Å². The number of aromatic nitrogens is 3. The van der Waals surface area contributed by atoms with Gasteiger partial charge in [-0.2, -0.15) is 10.1 Å². The lowest BCUT2D eigenvalue weighted by molar-refractivity contribution is -0.139.